The number of esters is 1. The average Bonchev–Trinajstić information content (AvgIpc) is 2.47. The molecule has 6 heteroatoms. The van der Waals surface area contributed by atoms with Crippen LogP contribution in [0.2, 0.25) is 5.02 Å². The Balaban J connectivity index is 2.16. The molecule has 1 N–H and O–H groups in total. The quantitative estimate of drug-likeness (QED) is 0.629. The molecule has 2 aromatic rings. The van der Waals surface area contributed by atoms with Crippen molar-refractivity contribution in [1.82, 2.24) is 0 Å². The van der Waals surface area contributed by atoms with Crippen molar-refractivity contribution in [2.75, 3.05) is 0 Å². The second-order valence-electron chi connectivity index (χ2n) is 4.60. The van der Waals surface area contributed by atoms with Gasteiger partial charge in [-0.2, -0.15) is 0 Å². The smallest absolute Gasteiger partial charge is 0.338 e. The van der Waals surface area contributed by atoms with Gasteiger partial charge < -0.3 is 9.84 Å². The van der Waals surface area contributed by atoms with E-state index in [1.807, 2.05) is 0 Å². The summed E-state index contributed by atoms with van der Waals surface area (Å²) in [5.41, 5.74) is 0.766. The Bertz CT molecular complexity index is 726. The van der Waals surface area contributed by atoms with E-state index in [9.17, 15) is 14.7 Å². The summed E-state index contributed by atoms with van der Waals surface area (Å²) in [6.45, 7) is 1.14. The third kappa shape index (κ3) is 3.87. The SMILES string of the molecule is CC(=O)c1cc(Cl)cc(COC(=O)c2ccc(Br)cc2)c1O. The van der Waals surface area contributed by atoms with Crippen LogP contribution >= 0.6 is 27.5 Å². The summed E-state index contributed by atoms with van der Waals surface area (Å²) in [5, 5.41) is 10.3. The van der Waals surface area contributed by atoms with Crippen molar-refractivity contribution in [1.29, 1.82) is 0 Å². The number of hydrogen-bond acceptors (Lipinski definition) is 4. The molecule has 2 aromatic carbocycles. The summed E-state index contributed by atoms with van der Waals surface area (Å²) in [6, 6.07) is 9.51. The molecule has 0 bridgehead atoms. The Morgan fingerprint density at radius 3 is 2.45 bits per heavy atom. The molecule has 0 atom stereocenters. The second-order valence-corrected chi connectivity index (χ2v) is 5.95. The Kier molecular flexibility index (Phi) is 5.21. The van der Waals surface area contributed by atoms with Crippen molar-refractivity contribution in [3.05, 3.63) is 62.6 Å². The van der Waals surface area contributed by atoms with Crippen LogP contribution < -0.4 is 0 Å². The fraction of sp³-hybridized carbons (Fsp3) is 0.125. The van der Waals surface area contributed by atoms with E-state index in [1.54, 1.807) is 24.3 Å². The standard InChI is InChI=1S/C16H12BrClO4/c1-9(19)14-7-13(18)6-11(15(14)20)8-22-16(21)10-2-4-12(17)5-3-10/h2-7,20H,8H2,1H3. The first-order valence-electron chi connectivity index (χ1n) is 6.33. The maximum Gasteiger partial charge on any atom is 0.338 e. The molecule has 0 heterocycles. The van der Waals surface area contributed by atoms with Crippen LogP contribution in [0.3, 0.4) is 0 Å². The van der Waals surface area contributed by atoms with E-state index < -0.39 is 5.97 Å². The van der Waals surface area contributed by atoms with Gasteiger partial charge in [0, 0.05) is 15.1 Å². The average molecular weight is 384 g/mol. The molecule has 2 rings (SSSR count). The molecule has 0 aliphatic heterocycles. The van der Waals surface area contributed by atoms with E-state index in [2.05, 4.69) is 15.9 Å². The van der Waals surface area contributed by atoms with Gasteiger partial charge in [0.2, 0.25) is 0 Å². The lowest BCUT2D eigenvalue weighted by molar-refractivity contribution is 0.0470. The van der Waals surface area contributed by atoms with Crippen LogP contribution in [0.1, 0.15) is 33.2 Å². The minimum atomic E-state index is -0.531. The van der Waals surface area contributed by atoms with Crippen LogP contribution in [0.15, 0.2) is 40.9 Å². The maximum atomic E-state index is 11.9. The molecule has 0 aliphatic rings. The first kappa shape index (κ1) is 16.5. The summed E-state index contributed by atoms with van der Waals surface area (Å²) in [7, 11) is 0. The monoisotopic (exact) mass is 382 g/mol. The molecule has 4 nitrogen and oxygen atoms in total. The maximum absolute atomic E-state index is 11.9. The third-order valence-corrected chi connectivity index (χ3v) is 3.72. The zero-order valence-electron chi connectivity index (χ0n) is 11.6. The molecule has 0 spiro atoms. The number of ketones is 1. The normalized spacial score (nSPS) is 10.3. The van der Waals surface area contributed by atoms with E-state index >= 15 is 0 Å². The number of carbonyl (C=O) groups excluding carboxylic acids is 2. The van der Waals surface area contributed by atoms with Gasteiger partial charge in [0.25, 0.3) is 0 Å². The van der Waals surface area contributed by atoms with Crippen LogP contribution in [0.25, 0.3) is 0 Å². The van der Waals surface area contributed by atoms with Crippen LogP contribution in [0.5, 0.6) is 5.75 Å². The third-order valence-electron chi connectivity index (χ3n) is 2.97. The zero-order valence-corrected chi connectivity index (χ0v) is 13.9. The number of ether oxygens (including phenoxy) is 1. The highest BCUT2D eigenvalue weighted by Gasteiger charge is 2.15. The summed E-state index contributed by atoms with van der Waals surface area (Å²) >= 11 is 9.18. The van der Waals surface area contributed by atoms with Crippen molar-refractivity contribution < 1.29 is 19.4 Å². The lowest BCUT2D eigenvalue weighted by atomic mass is 10.1. The Morgan fingerprint density at radius 2 is 1.86 bits per heavy atom. The Morgan fingerprint density at radius 1 is 1.23 bits per heavy atom. The van der Waals surface area contributed by atoms with Crippen molar-refractivity contribution in [2.45, 2.75) is 13.5 Å². The highest BCUT2D eigenvalue weighted by molar-refractivity contribution is 9.10. The van der Waals surface area contributed by atoms with Gasteiger partial charge in [0.1, 0.15) is 12.4 Å². The number of aromatic hydroxyl groups is 1. The number of phenolic OH excluding ortho intramolecular Hbond substituents is 1. The fourth-order valence-corrected chi connectivity index (χ4v) is 2.35. The molecule has 0 aromatic heterocycles. The van der Waals surface area contributed by atoms with E-state index in [1.165, 1.54) is 19.1 Å². The first-order valence-corrected chi connectivity index (χ1v) is 7.50. The molecule has 0 saturated carbocycles. The summed E-state index contributed by atoms with van der Waals surface area (Å²) in [6.07, 6.45) is 0. The number of rotatable bonds is 4. The van der Waals surface area contributed by atoms with Gasteiger partial charge in [-0.05, 0) is 43.3 Å². The molecule has 0 saturated heterocycles. The van der Waals surface area contributed by atoms with Crippen LogP contribution in [-0.4, -0.2) is 16.9 Å². The first-order chi connectivity index (χ1) is 10.4. The number of phenols is 1. The van der Waals surface area contributed by atoms with Gasteiger partial charge >= 0.3 is 5.97 Å². The van der Waals surface area contributed by atoms with E-state index in [0.717, 1.165) is 4.47 Å². The second kappa shape index (κ2) is 6.94. The van der Waals surface area contributed by atoms with Gasteiger partial charge in [-0.25, -0.2) is 4.79 Å². The van der Waals surface area contributed by atoms with Crippen LogP contribution in [-0.2, 0) is 11.3 Å². The number of halogens is 2. The lowest BCUT2D eigenvalue weighted by Crippen LogP contribution is -2.06. The zero-order chi connectivity index (χ0) is 16.3. The number of hydrogen-bond donors (Lipinski definition) is 1. The largest absolute Gasteiger partial charge is 0.507 e. The molecular formula is C16H12BrClO4. The van der Waals surface area contributed by atoms with Gasteiger partial charge in [-0.15, -0.1) is 0 Å². The highest BCUT2D eigenvalue weighted by Crippen LogP contribution is 2.28. The molecular weight excluding hydrogens is 372 g/mol. The summed E-state index contributed by atoms with van der Waals surface area (Å²) in [5.74, 6) is -1.07. The van der Waals surface area contributed by atoms with E-state index in [4.69, 9.17) is 16.3 Å². The minimum absolute atomic E-state index is 0.0993. The molecule has 0 fully saturated rings. The van der Waals surface area contributed by atoms with Crippen molar-refractivity contribution in [3.63, 3.8) is 0 Å². The molecule has 22 heavy (non-hydrogen) atoms. The van der Waals surface area contributed by atoms with E-state index in [0.29, 0.717) is 5.56 Å². The lowest BCUT2D eigenvalue weighted by Gasteiger charge is -2.10. The molecule has 114 valence electrons. The number of benzene rings is 2. The number of carbonyl (C=O) groups is 2. The molecule has 0 unspecified atom stereocenters. The highest BCUT2D eigenvalue weighted by atomic mass is 79.9. The predicted molar refractivity (Wildman–Crippen MR) is 86.4 cm³/mol. The van der Waals surface area contributed by atoms with Crippen LogP contribution in [0.4, 0.5) is 0 Å². The van der Waals surface area contributed by atoms with Gasteiger partial charge in [-0.3, -0.25) is 4.79 Å². The minimum Gasteiger partial charge on any atom is -0.507 e. The van der Waals surface area contributed by atoms with Crippen LogP contribution in [0, 0.1) is 0 Å². The molecule has 0 amide bonds. The fourth-order valence-electron chi connectivity index (χ4n) is 1.85. The number of Topliss-reactive ketones (excluding diaryl/α,β-unsaturated/α-hetero) is 1. The van der Waals surface area contributed by atoms with Crippen molar-refractivity contribution in [3.8, 4) is 5.75 Å². The van der Waals surface area contributed by atoms with Crippen molar-refractivity contribution in [2.24, 2.45) is 0 Å². The summed E-state index contributed by atoms with van der Waals surface area (Å²) < 4.78 is 5.99. The summed E-state index contributed by atoms with van der Waals surface area (Å²) in [4.78, 5) is 23.4. The Labute approximate surface area is 140 Å². The predicted octanol–water partition coefficient (Wildman–Crippen LogP) is 4.37. The van der Waals surface area contributed by atoms with Gasteiger partial charge in [0.15, 0.2) is 5.78 Å². The van der Waals surface area contributed by atoms with Gasteiger partial charge in [-0.1, -0.05) is 27.5 Å². The topological polar surface area (TPSA) is 63.6 Å². The molecule has 0 aliphatic carbocycles. The van der Waals surface area contributed by atoms with Crippen molar-refractivity contribution >= 4 is 39.3 Å². The van der Waals surface area contributed by atoms with Gasteiger partial charge in [0.05, 0.1) is 11.1 Å². The molecule has 0 radical (unpaired) electrons. The van der Waals surface area contributed by atoms with E-state index in [-0.39, 0.29) is 34.3 Å². The Hall–Kier alpha value is -1.85.